The summed E-state index contributed by atoms with van der Waals surface area (Å²) in [6.45, 7) is 7.75. The Labute approximate surface area is 256 Å². The van der Waals surface area contributed by atoms with Crippen molar-refractivity contribution < 1.29 is 9.59 Å². The van der Waals surface area contributed by atoms with Crippen molar-refractivity contribution in [2.24, 2.45) is 20.5 Å². The molecule has 2 N–H and O–H groups in total. The second-order valence-electron chi connectivity index (χ2n) is 10.5. The first-order chi connectivity index (χ1) is 21.3. The van der Waals surface area contributed by atoms with Crippen LogP contribution in [0.3, 0.4) is 0 Å². The van der Waals surface area contributed by atoms with Crippen molar-refractivity contribution in [1.82, 2.24) is 0 Å². The summed E-state index contributed by atoms with van der Waals surface area (Å²) in [5, 5.41) is 23.2. The molecule has 0 saturated carbocycles. The van der Waals surface area contributed by atoms with Gasteiger partial charge in [-0.1, -0.05) is 42.5 Å². The van der Waals surface area contributed by atoms with Gasteiger partial charge in [0.15, 0.2) is 0 Å². The van der Waals surface area contributed by atoms with E-state index >= 15 is 0 Å². The van der Waals surface area contributed by atoms with E-state index in [0.717, 1.165) is 33.6 Å². The number of carbonyl (C=O) groups is 2. The fourth-order valence-electron chi connectivity index (χ4n) is 4.47. The number of hydrogen-bond donors (Lipinski definition) is 2. The minimum absolute atomic E-state index is 0.323. The second-order valence-corrected chi connectivity index (χ2v) is 10.5. The first kappa shape index (κ1) is 29.7. The molecular formula is C36H32N6O2. The third-order valence-corrected chi connectivity index (χ3v) is 7.08. The lowest BCUT2D eigenvalue weighted by molar-refractivity contribution is 0.102. The van der Waals surface area contributed by atoms with Crippen LogP contribution in [0.4, 0.5) is 34.1 Å². The topological polar surface area (TPSA) is 108 Å². The smallest absolute Gasteiger partial charge is 0.255 e. The number of anilines is 2. The van der Waals surface area contributed by atoms with Gasteiger partial charge in [0.05, 0.1) is 22.7 Å². The fourth-order valence-corrected chi connectivity index (χ4v) is 4.47. The largest absolute Gasteiger partial charge is 0.322 e. The van der Waals surface area contributed by atoms with E-state index in [-0.39, 0.29) is 11.8 Å². The summed E-state index contributed by atoms with van der Waals surface area (Å²) < 4.78 is 0. The van der Waals surface area contributed by atoms with Crippen molar-refractivity contribution in [3.63, 3.8) is 0 Å². The Kier molecular flexibility index (Phi) is 9.10. The monoisotopic (exact) mass is 580 g/mol. The summed E-state index contributed by atoms with van der Waals surface area (Å²) in [7, 11) is 0. The maximum absolute atomic E-state index is 13.1. The van der Waals surface area contributed by atoms with Gasteiger partial charge in [0.2, 0.25) is 0 Å². The number of carbonyl (C=O) groups excluding carboxylic acids is 2. The van der Waals surface area contributed by atoms with Crippen molar-refractivity contribution in [2.45, 2.75) is 27.7 Å². The summed E-state index contributed by atoms with van der Waals surface area (Å²) in [4.78, 5) is 26.2. The number of benzene rings is 5. The van der Waals surface area contributed by atoms with Gasteiger partial charge in [0.25, 0.3) is 11.8 Å². The van der Waals surface area contributed by atoms with Crippen LogP contribution in [0.5, 0.6) is 0 Å². The molecule has 0 spiro atoms. The number of hydrogen-bond acceptors (Lipinski definition) is 6. The molecule has 0 heterocycles. The fraction of sp³-hybridized carbons (Fsp3) is 0.111. The molecule has 5 aromatic rings. The van der Waals surface area contributed by atoms with Crippen molar-refractivity contribution >= 4 is 45.9 Å². The van der Waals surface area contributed by atoms with Gasteiger partial charge in [-0.3, -0.25) is 9.59 Å². The normalized spacial score (nSPS) is 11.2. The lowest BCUT2D eigenvalue weighted by atomic mass is 10.1. The summed E-state index contributed by atoms with van der Waals surface area (Å²) >= 11 is 0. The lowest BCUT2D eigenvalue weighted by Crippen LogP contribution is -2.16. The number of nitrogens with zero attached hydrogens (tertiary/aromatic N) is 4. The van der Waals surface area contributed by atoms with Crippen molar-refractivity contribution in [3.05, 3.63) is 143 Å². The first-order valence-corrected chi connectivity index (χ1v) is 14.2. The number of rotatable bonds is 8. The van der Waals surface area contributed by atoms with Crippen LogP contribution >= 0.6 is 0 Å². The van der Waals surface area contributed by atoms with Gasteiger partial charge in [0, 0.05) is 22.5 Å². The number of azo groups is 2. The van der Waals surface area contributed by atoms with Crippen molar-refractivity contribution in [2.75, 3.05) is 10.6 Å². The van der Waals surface area contributed by atoms with E-state index in [2.05, 4.69) is 31.1 Å². The predicted molar refractivity (Wildman–Crippen MR) is 175 cm³/mol. The molecule has 0 saturated heterocycles. The summed E-state index contributed by atoms with van der Waals surface area (Å²) in [5.41, 5.74) is 8.75. The molecular weight excluding hydrogens is 548 g/mol. The average Bonchev–Trinajstić information content (AvgIpc) is 3.02. The van der Waals surface area contributed by atoms with Crippen LogP contribution in [0, 0.1) is 27.7 Å². The molecule has 0 aliphatic rings. The van der Waals surface area contributed by atoms with Crippen LogP contribution < -0.4 is 10.6 Å². The zero-order valence-electron chi connectivity index (χ0n) is 25.0. The molecule has 2 amide bonds. The van der Waals surface area contributed by atoms with E-state index in [4.69, 9.17) is 0 Å². The number of nitrogens with one attached hydrogen (secondary N) is 2. The highest BCUT2D eigenvalue weighted by Crippen LogP contribution is 2.27. The molecule has 0 aliphatic heterocycles. The summed E-state index contributed by atoms with van der Waals surface area (Å²) in [6, 6.07) is 33.1. The zero-order chi connectivity index (χ0) is 31.1. The Hall–Kier alpha value is -5.76. The maximum Gasteiger partial charge on any atom is 0.255 e. The van der Waals surface area contributed by atoms with E-state index in [9.17, 15) is 9.59 Å². The SMILES string of the molecule is Cc1ccccc1N=Nc1ccc(NC(=O)c2cccc(C(=O)Nc3ccc(N=Nc4ccccc4C)cc3C)c2)c(C)c1. The van der Waals surface area contributed by atoms with Crippen LogP contribution in [-0.4, -0.2) is 11.8 Å². The van der Waals surface area contributed by atoms with E-state index in [1.165, 1.54) is 0 Å². The average molecular weight is 581 g/mol. The molecule has 0 fully saturated rings. The second kappa shape index (κ2) is 13.5. The highest BCUT2D eigenvalue weighted by molar-refractivity contribution is 6.09. The molecule has 218 valence electrons. The van der Waals surface area contributed by atoms with E-state index < -0.39 is 0 Å². The summed E-state index contributed by atoms with van der Waals surface area (Å²) in [6.07, 6.45) is 0. The van der Waals surface area contributed by atoms with Crippen LogP contribution in [0.15, 0.2) is 130 Å². The number of aryl methyl sites for hydroxylation is 4. The van der Waals surface area contributed by atoms with Gasteiger partial charge in [-0.2, -0.15) is 20.5 Å². The van der Waals surface area contributed by atoms with Crippen LogP contribution in [0.1, 0.15) is 43.0 Å². The Morgan fingerprint density at radius 2 is 0.886 bits per heavy atom. The van der Waals surface area contributed by atoms with Crippen LogP contribution in [0.2, 0.25) is 0 Å². The molecule has 0 unspecified atom stereocenters. The van der Waals surface area contributed by atoms with Crippen molar-refractivity contribution in [3.8, 4) is 0 Å². The molecule has 5 aromatic carbocycles. The van der Waals surface area contributed by atoms with Gasteiger partial charge in [-0.05, 0) is 117 Å². The van der Waals surface area contributed by atoms with Crippen molar-refractivity contribution in [1.29, 1.82) is 0 Å². The van der Waals surface area contributed by atoms with Gasteiger partial charge in [-0.25, -0.2) is 0 Å². The molecule has 0 aliphatic carbocycles. The molecule has 0 bridgehead atoms. The Morgan fingerprint density at radius 1 is 0.455 bits per heavy atom. The molecule has 44 heavy (non-hydrogen) atoms. The molecule has 5 rings (SSSR count). The Bertz CT molecular complexity index is 1780. The summed E-state index contributed by atoms with van der Waals surface area (Å²) in [5.74, 6) is -0.645. The van der Waals surface area contributed by atoms with E-state index in [0.29, 0.717) is 33.9 Å². The van der Waals surface area contributed by atoms with Crippen LogP contribution in [0.25, 0.3) is 0 Å². The predicted octanol–water partition coefficient (Wildman–Crippen LogP) is 10.3. The molecule has 0 aromatic heterocycles. The molecule has 0 atom stereocenters. The maximum atomic E-state index is 13.1. The quantitative estimate of drug-likeness (QED) is 0.178. The zero-order valence-corrected chi connectivity index (χ0v) is 25.0. The minimum atomic E-state index is -0.323. The van der Waals surface area contributed by atoms with Gasteiger partial charge >= 0.3 is 0 Å². The molecule has 0 radical (unpaired) electrons. The highest BCUT2D eigenvalue weighted by atomic mass is 16.2. The third-order valence-electron chi connectivity index (χ3n) is 7.08. The Morgan fingerprint density at radius 3 is 1.30 bits per heavy atom. The lowest BCUT2D eigenvalue weighted by Gasteiger charge is -2.11. The number of amides is 2. The van der Waals surface area contributed by atoms with Gasteiger partial charge < -0.3 is 10.6 Å². The van der Waals surface area contributed by atoms with E-state index in [1.807, 2.05) is 88.4 Å². The van der Waals surface area contributed by atoms with Gasteiger partial charge in [0.1, 0.15) is 0 Å². The first-order valence-electron chi connectivity index (χ1n) is 14.2. The van der Waals surface area contributed by atoms with E-state index in [1.54, 1.807) is 48.5 Å². The highest BCUT2D eigenvalue weighted by Gasteiger charge is 2.13. The molecule has 8 nitrogen and oxygen atoms in total. The standard InChI is InChI=1S/C36H32N6O2/c1-23-10-5-7-14-33(23)41-39-29-16-18-31(25(3)20-29)37-35(43)27-12-9-13-28(22-27)36(44)38-32-19-17-30(21-26(32)4)40-42-34-15-8-6-11-24(34)2/h5-22H,1-4H3,(H,37,43)(H,38,44). The third kappa shape index (κ3) is 7.35. The van der Waals surface area contributed by atoms with Crippen LogP contribution in [-0.2, 0) is 0 Å². The molecule has 8 heteroatoms. The van der Waals surface area contributed by atoms with Gasteiger partial charge in [-0.15, -0.1) is 0 Å². The minimum Gasteiger partial charge on any atom is -0.322 e. The Balaban J connectivity index is 1.23.